The number of hydrogen-bond donors (Lipinski definition) is 2. The van der Waals surface area contributed by atoms with E-state index in [1.54, 1.807) is 13.8 Å². The van der Waals surface area contributed by atoms with Crippen LogP contribution in [0.3, 0.4) is 0 Å². The highest BCUT2D eigenvalue weighted by atomic mass is 16.5. The Morgan fingerprint density at radius 3 is 2.25 bits per heavy atom. The second kappa shape index (κ2) is 9.70. The predicted octanol–water partition coefficient (Wildman–Crippen LogP) is 2.59. The predicted molar refractivity (Wildman–Crippen MR) is 91.4 cm³/mol. The maximum atomic E-state index is 12.4. The van der Waals surface area contributed by atoms with Gasteiger partial charge in [-0.15, -0.1) is 0 Å². The summed E-state index contributed by atoms with van der Waals surface area (Å²) in [4.78, 5) is 35.5. The van der Waals surface area contributed by atoms with Crippen molar-refractivity contribution >= 4 is 17.9 Å². The number of nitrogens with one attached hydrogen (secondary N) is 2. The van der Waals surface area contributed by atoms with Gasteiger partial charge in [-0.1, -0.05) is 50.6 Å². The van der Waals surface area contributed by atoms with E-state index in [-0.39, 0.29) is 12.0 Å². The van der Waals surface area contributed by atoms with E-state index in [4.69, 9.17) is 4.74 Å². The van der Waals surface area contributed by atoms with E-state index in [2.05, 4.69) is 10.6 Å². The molecule has 0 spiro atoms. The third kappa shape index (κ3) is 6.40. The van der Waals surface area contributed by atoms with Gasteiger partial charge >= 0.3 is 12.0 Å². The molecule has 1 rings (SSSR count). The molecular weight excluding hydrogens is 308 g/mol. The molecule has 2 N–H and O–H groups in total. The Bertz CT molecular complexity index is 557. The lowest BCUT2D eigenvalue weighted by molar-refractivity contribution is -0.151. The van der Waals surface area contributed by atoms with Gasteiger partial charge in [0, 0.05) is 6.04 Å². The Labute approximate surface area is 143 Å². The van der Waals surface area contributed by atoms with Gasteiger partial charge < -0.3 is 10.1 Å². The fourth-order valence-electron chi connectivity index (χ4n) is 2.28. The van der Waals surface area contributed by atoms with E-state index < -0.39 is 30.4 Å². The molecule has 0 fully saturated rings. The van der Waals surface area contributed by atoms with Crippen LogP contribution in [0.2, 0.25) is 0 Å². The van der Waals surface area contributed by atoms with Gasteiger partial charge in [0.25, 0.3) is 5.91 Å². The molecule has 0 saturated heterocycles. The quantitative estimate of drug-likeness (QED) is 0.751. The second-order valence-corrected chi connectivity index (χ2v) is 6.06. The highest BCUT2D eigenvalue weighted by molar-refractivity contribution is 5.95. The van der Waals surface area contributed by atoms with Crippen molar-refractivity contribution in [3.05, 3.63) is 35.9 Å². The number of imide groups is 1. The summed E-state index contributed by atoms with van der Waals surface area (Å²) in [6.45, 7) is 7.04. The van der Waals surface area contributed by atoms with Gasteiger partial charge in [0.05, 0.1) is 5.92 Å². The first-order chi connectivity index (χ1) is 11.3. The van der Waals surface area contributed by atoms with Gasteiger partial charge in [0.1, 0.15) is 0 Å². The molecule has 1 aromatic carbocycles. The van der Waals surface area contributed by atoms with E-state index in [0.717, 1.165) is 12.0 Å². The number of ether oxygens (including phenoxy) is 1. The molecule has 132 valence electrons. The molecule has 0 aromatic heterocycles. The van der Waals surface area contributed by atoms with Crippen LogP contribution in [0.15, 0.2) is 30.3 Å². The van der Waals surface area contributed by atoms with Gasteiger partial charge in [-0.3, -0.25) is 14.9 Å². The third-order valence-corrected chi connectivity index (χ3v) is 3.64. The van der Waals surface area contributed by atoms with Crippen LogP contribution in [-0.2, 0) is 14.3 Å². The number of carbonyl (C=O) groups is 3. The van der Waals surface area contributed by atoms with E-state index in [9.17, 15) is 14.4 Å². The zero-order chi connectivity index (χ0) is 18.1. The molecule has 1 aromatic rings. The molecule has 3 amide bonds. The molecule has 6 nitrogen and oxygen atoms in total. The molecule has 2 atom stereocenters. The molecule has 6 heteroatoms. The smallest absolute Gasteiger partial charge is 0.321 e. The van der Waals surface area contributed by atoms with Crippen molar-refractivity contribution in [2.75, 3.05) is 6.61 Å². The zero-order valence-corrected chi connectivity index (χ0v) is 14.7. The fraction of sp³-hybridized carbons (Fsp3) is 0.500. The number of carbonyl (C=O) groups excluding carboxylic acids is 3. The lowest BCUT2D eigenvalue weighted by Gasteiger charge is -2.21. The Morgan fingerprint density at radius 1 is 1.08 bits per heavy atom. The van der Waals surface area contributed by atoms with Crippen molar-refractivity contribution in [3.8, 4) is 0 Å². The van der Waals surface area contributed by atoms with E-state index >= 15 is 0 Å². The number of hydrogen-bond acceptors (Lipinski definition) is 4. The number of esters is 1. The van der Waals surface area contributed by atoms with Crippen LogP contribution >= 0.6 is 0 Å². The van der Waals surface area contributed by atoms with Gasteiger partial charge in [-0.25, -0.2) is 4.79 Å². The highest BCUT2D eigenvalue weighted by Gasteiger charge is 2.27. The largest absolute Gasteiger partial charge is 0.455 e. The Balaban J connectivity index is 2.63. The molecule has 0 aliphatic rings. The monoisotopic (exact) mass is 334 g/mol. The molecule has 0 saturated carbocycles. The van der Waals surface area contributed by atoms with Gasteiger partial charge in [0.15, 0.2) is 6.61 Å². The average molecular weight is 334 g/mol. The summed E-state index contributed by atoms with van der Waals surface area (Å²) in [6.07, 6.45) is 0.803. The minimum absolute atomic E-state index is 0.0761. The Morgan fingerprint density at radius 2 is 1.71 bits per heavy atom. The topological polar surface area (TPSA) is 84.5 Å². The summed E-state index contributed by atoms with van der Waals surface area (Å²) in [6, 6.07) is 8.65. The third-order valence-electron chi connectivity index (χ3n) is 3.64. The summed E-state index contributed by atoms with van der Waals surface area (Å²) in [5, 5.41) is 4.65. The lowest BCUT2D eigenvalue weighted by atomic mass is 9.86. The summed E-state index contributed by atoms with van der Waals surface area (Å²) >= 11 is 0. The number of rotatable bonds is 7. The summed E-state index contributed by atoms with van der Waals surface area (Å²) in [7, 11) is 0. The van der Waals surface area contributed by atoms with Crippen LogP contribution in [0.25, 0.3) is 0 Å². The standard InChI is InChI=1S/C18H26N2O4/c1-5-13(4)16(14-9-7-6-8-10-14)17(22)24-11-15(21)20-18(23)19-12(2)3/h6-10,12-13,16H,5,11H2,1-4H3,(H2,19,20,21,23)/t13-,16+/m1/s1. The summed E-state index contributed by atoms with van der Waals surface area (Å²) in [5.74, 6) is -1.48. The molecular formula is C18H26N2O4. The van der Waals surface area contributed by atoms with Crippen molar-refractivity contribution < 1.29 is 19.1 Å². The van der Waals surface area contributed by atoms with E-state index in [1.807, 2.05) is 44.2 Å². The fourth-order valence-corrected chi connectivity index (χ4v) is 2.28. The van der Waals surface area contributed by atoms with Crippen LogP contribution in [0, 0.1) is 5.92 Å². The van der Waals surface area contributed by atoms with Crippen LogP contribution < -0.4 is 10.6 Å². The lowest BCUT2D eigenvalue weighted by Crippen LogP contribution is -2.44. The highest BCUT2D eigenvalue weighted by Crippen LogP contribution is 2.28. The normalized spacial score (nSPS) is 13.0. The summed E-state index contributed by atoms with van der Waals surface area (Å²) in [5.41, 5.74) is 0.856. The van der Waals surface area contributed by atoms with Crippen molar-refractivity contribution in [1.29, 1.82) is 0 Å². The number of urea groups is 1. The first kappa shape index (κ1) is 19.7. The molecule has 0 aliphatic heterocycles. The van der Waals surface area contributed by atoms with Gasteiger partial charge in [-0.05, 0) is 25.3 Å². The second-order valence-electron chi connectivity index (χ2n) is 6.06. The number of amides is 3. The molecule has 24 heavy (non-hydrogen) atoms. The van der Waals surface area contributed by atoms with Crippen molar-refractivity contribution in [3.63, 3.8) is 0 Å². The minimum Gasteiger partial charge on any atom is -0.455 e. The maximum absolute atomic E-state index is 12.4. The minimum atomic E-state index is -0.655. The van der Waals surface area contributed by atoms with Crippen molar-refractivity contribution in [2.45, 2.75) is 46.1 Å². The number of benzene rings is 1. The zero-order valence-electron chi connectivity index (χ0n) is 14.7. The first-order valence-corrected chi connectivity index (χ1v) is 8.17. The molecule has 0 bridgehead atoms. The molecule has 0 aliphatic carbocycles. The Hall–Kier alpha value is -2.37. The summed E-state index contributed by atoms with van der Waals surface area (Å²) < 4.78 is 5.12. The maximum Gasteiger partial charge on any atom is 0.321 e. The average Bonchev–Trinajstić information content (AvgIpc) is 2.53. The molecule has 0 radical (unpaired) electrons. The van der Waals surface area contributed by atoms with Crippen LogP contribution in [0.5, 0.6) is 0 Å². The van der Waals surface area contributed by atoms with Crippen LogP contribution in [0.4, 0.5) is 4.79 Å². The van der Waals surface area contributed by atoms with Gasteiger partial charge in [0.2, 0.25) is 0 Å². The van der Waals surface area contributed by atoms with Crippen molar-refractivity contribution in [2.24, 2.45) is 5.92 Å². The van der Waals surface area contributed by atoms with E-state index in [0.29, 0.717) is 0 Å². The van der Waals surface area contributed by atoms with Crippen molar-refractivity contribution in [1.82, 2.24) is 10.6 Å². The van der Waals surface area contributed by atoms with Crippen LogP contribution in [0.1, 0.15) is 45.6 Å². The van der Waals surface area contributed by atoms with Crippen LogP contribution in [-0.4, -0.2) is 30.6 Å². The first-order valence-electron chi connectivity index (χ1n) is 8.17. The van der Waals surface area contributed by atoms with E-state index in [1.165, 1.54) is 0 Å². The molecule has 0 heterocycles. The SMILES string of the molecule is CC[C@@H](C)[C@H](C(=O)OCC(=O)NC(=O)NC(C)C)c1ccccc1. The Kier molecular flexibility index (Phi) is 7.95. The van der Waals surface area contributed by atoms with Gasteiger partial charge in [-0.2, -0.15) is 0 Å². The molecule has 0 unspecified atom stereocenters.